The van der Waals surface area contributed by atoms with Gasteiger partial charge in [-0.2, -0.15) is 0 Å². The molecule has 1 aromatic heterocycles. The second-order valence-electron chi connectivity index (χ2n) is 3.56. The lowest BCUT2D eigenvalue weighted by molar-refractivity contribution is 0.0992. The van der Waals surface area contributed by atoms with E-state index < -0.39 is 0 Å². The fraction of sp³-hybridized carbons (Fsp3) is 0.167. The topological polar surface area (TPSA) is 30.0 Å². The van der Waals surface area contributed by atoms with Gasteiger partial charge in [-0.15, -0.1) is 11.3 Å². The Morgan fingerprint density at radius 3 is 2.82 bits per heavy atom. The number of benzene rings is 1. The van der Waals surface area contributed by atoms with Crippen molar-refractivity contribution in [3.05, 3.63) is 49.9 Å². The molecule has 0 bridgehead atoms. The maximum absolute atomic E-state index is 12.0. The summed E-state index contributed by atoms with van der Waals surface area (Å²) in [5.74, 6) is -0.0669. The monoisotopic (exact) mass is 285 g/mol. The molecule has 5 heteroatoms. The average Bonchev–Trinajstić information content (AvgIpc) is 2.68. The first kappa shape index (κ1) is 12.6. The van der Waals surface area contributed by atoms with Crippen LogP contribution in [-0.4, -0.2) is 10.8 Å². The molecule has 0 aliphatic carbocycles. The smallest absolute Gasteiger partial charge is 0.170 e. The highest BCUT2D eigenvalue weighted by molar-refractivity contribution is 7.09. The van der Waals surface area contributed by atoms with Gasteiger partial charge in [-0.1, -0.05) is 29.3 Å². The number of hydrogen-bond acceptors (Lipinski definition) is 3. The second kappa shape index (κ2) is 5.17. The van der Waals surface area contributed by atoms with Crippen molar-refractivity contribution in [2.24, 2.45) is 0 Å². The third-order valence-electron chi connectivity index (χ3n) is 2.26. The number of aryl methyl sites for hydroxylation is 1. The molecule has 0 aliphatic heterocycles. The quantitative estimate of drug-likeness (QED) is 0.792. The van der Waals surface area contributed by atoms with E-state index in [1.807, 2.05) is 12.3 Å². The van der Waals surface area contributed by atoms with Crippen molar-refractivity contribution in [1.82, 2.24) is 4.98 Å². The molecule has 17 heavy (non-hydrogen) atoms. The van der Waals surface area contributed by atoms with Gasteiger partial charge >= 0.3 is 0 Å². The second-order valence-corrected chi connectivity index (χ2v) is 5.41. The maximum Gasteiger partial charge on any atom is 0.170 e. The summed E-state index contributed by atoms with van der Waals surface area (Å²) in [4.78, 5) is 16.3. The molecule has 0 N–H and O–H groups in total. The van der Waals surface area contributed by atoms with E-state index in [1.165, 1.54) is 11.3 Å². The first-order valence-corrected chi connectivity index (χ1v) is 6.59. The van der Waals surface area contributed by atoms with Gasteiger partial charge in [0.15, 0.2) is 5.78 Å². The molecule has 0 saturated carbocycles. The van der Waals surface area contributed by atoms with Gasteiger partial charge in [-0.05, 0) is 19.1 Å². The summed E-state index contributed by atoms with van der Waals surface area (Å²) in [5, 5.41) is 3.54. The molecule has 0 amide bonds. The molecule has 2 aromatic rings. The van der Waals surface area contributed by atoms with Gasteiger partial charge in [0.2, 0.25) is 0 Å². The number of thiazole rings is 1. The zero-order valence-electron chi connectivity index (χ0n) is 9.04. The van der Waals surface area contributed by atoms with Crippen LogP contribution in [0.4, 0.5) is 0 Å². The molecule has 0 atom stereocenters. The Morgan fingerprint density at radius 2 is 2.18 bits per heavy atom. The van der Waals surface area contributed by atoms with Crippen molar-refractivity contribution >= 4 is 40.3 Å². The Bertz CT molecular complexity index is 565. The van der Waals surface area contributed by atoms with Crippen LogP contribution < -0.4 is 0 Å². The van der Waals surface area contributed by atoms with Crippen molar-refractivity contribution in [1.29, 1.82) is 0 Å². The summed E-state index contributed by atoms with van der Waals surface area (Å²) in [6.45, 7) is 1.91. The summed E-state index contributed by atoms with van der Waals surface area (Å²) in [7, 11) is 0. The standard InChI is InChI=1S/C12H9Cl2NOS/c1-7-15-8(6-17-7)5-11(16)9-3-2-4-10(13)12(9)14/h2-4,6H,5H2,1H3. The molecular weight excluding hydrogens is 277 g/mol. The molecule has 88 valence electrons. The largest absolute Gasteiger partial charge is 0.294 e. The zero-order chi connectivity index (χ0) is 12.4. The first-order valence-electron chi connectivity index (χ1n) is 4.96. The first-order chi connectivity index (χ1) is 8.08. The summed E-state index contributed by atoms with van der Waals surface area (Å²) < 4.78 is 0. The average molecular weight is 286 g/mol. The predicted octanol–water partition coefficient (Wildman–Crippen LogP) is 4.18. The van der Waals surface area contributed by atoms with Crippen LogP contribution in [0, 0.1) is 6.92 Å². The Balaban J connectivity index is 2.23. The van der Waals surface area contributed by atoms with E-state index in [2.05, 4.69) is 4.98 Å². The predicted molar refractivity (Wildman–Crippen MR) is 71.3 cm³/mol. The van der Waals surface area contributed by atoms with Crippen LogP contribution in [0.3, 0.4) is 0 Å². The van der Waals surface area contributed by atoms with Crippen molar-refractivity contribution in [3.8, 4) is 0 Å². The molecule has 2 rings (SSSR count). The van der Waals surface area contributed by atoms with Crippen molar-refractivity contribution in [2.75, 3.05) is 0 Å². The van der Waals surface area contributed by atoms with Gasteiger partial charge in [0.1, 0.15) is 0 Å². The SMILES string of the molecule is Cc1nc(CC(=O)c2cccc(Cl)c2Cl)cs1. The molecule has 0 saturated heterocycles. The van der Waals surface area contributed by atoms with E-state index in [1.54, 1.807) is 18.2 Å². The highest BCUT2D eigenvalue weighted by atomic mass is 35.5. The fourth-order valence-corrected chi connectivity index (χ4v) is 2.49. The van der Waals surface area contributed by atoms with Gasteiger partial charge in [-0.25, -0.2) is 4.98 Å². The number of hydrogen-bond donors (Lipinski definition) is 0. The zero-order valence-corrected chi connectivity index (χ0v) is 11.4. The molecule has 0 unspecified atom stereocenters. The van der Waals surface area contributed by atoms with E-state index >= 15 is 0 Å². The highest BCUT2D eigenvalue weighted by Crippen LogP contribution is 2.26. The molecule has 0 fully saturated rings. The Kier molecular flexibility index (Phi) is 3.82. The van der Waals surface area contributed by atoms with Crippen molar-refractivity contribution < 1.29 is 4.79 Å². The lowest BCUT2D eigenvalue weighted by atomic mass is 10.1. The van der Waals surface area contributed by atoms with Gasteiger partial charge in [0, 0.05) is 10.9 Å². The van der Waals surface area contributed by atoms with Gasteiger partial charge in [0.25, 0.3) is 0 Å². The Morgan fingerprint density at radius 1 is 1.41 bits per heavy atom. The highest BCUT2D eigenvalue weighted by Gasteiger charge is 2.14. The summed E-state index contributed by atoms with van der Waals surface area (Å²) in [6.07, 6.45) is 0.254. The van der Waals surface area contributed by atoms with E-state index in [-0.39, 0.29) is 12.2 Å². The van der Waals surface area contributed by atoms with Crippen LogP contribution in [0.2, 0.25) is 10.0 Å². The van der Waals surface area contributed by atoms with Crippen LogP contribution in [0.15, 0.2) is 23.6 Å². The number of carbonyl (C=O) groups is 1. The minimum Gasteiger partial charge on any atom is -0.294 e. The molecule has 0 radical (unpaired) electrons. The van der Waals surface area contributed by atoms with Gasteiger partial charge in [0.05, 0.1) is 27.2 Å². The van der Waals surface area contributed by atoms with E-state index in [0.717, 1.165) is 10.7 Å². The number of aromatic nitrogens is 1. The molecule has 0 spiro atoms. The number of ketones is 1. The number of Topliss-reactive ketones (excluding diaryl/α,β-unsaturated/α-hetero) is 1. The number of rotatable bonds is 3. The van der Waals surface area contributed by atoms with Crippen LogP contribution in [-0.2, 0) is 6.42 Å². The van der Waals surface area contributed by atoms with E-state index in [9.17, 15) is 4.79 Å². The number of carbonyl (C=O) groups excluding carboxylic acids is 1. The minimum absolute atomic E-state index is 0.0669. The minimum atomic E-state index is -0.0669. The van der Waals surface area contributed by atoms with Crippen molar-refractivity contribution in [2.45, 2.75) is 13.3 Å². The number of halogens is 2. The summed E-state index contributed by atoms with van der Waals surface area (Å²) in [5.41, 5.74) is 1.22. The molecular formula is C12H9Cl2NOS. The fourth-order valence-electron chi connectivity index (χ4n) is 1.47. The van der Waals surface area contributed by atoms with Crippen LogP contribution in [0.25, 0.3) is 0 Å². The van der Waals surface area contributed by atoms with Crippen molar-refractivity contribution in [3.63, 3.8) is 0 Å². The summed E-state index contributed by atoms with van der Waals surface area (Å²) >= 11 is 13.4. The normalized spacial score (nSPS) is 10.5. The molecule has 0 aliphatic rings. The molecule has 2 nitrogen and oxygen atoms in total. The maximum atomic E-state index is 12.0. The summed E-state index contributed by atoms with van der Waals surface area (Å²) in [6, 6.07) is 5.05. The van der Waals surface area contributed by atoms with E-state index in [0.29, 0.717) is 15.6 Å². The Hall–Kier alpha value is -0.900. The molecule has 1 heterocycles. The van der Waals surface area contributed by atoms with Gasteiger partial charge in [-0.3, -0.25) is 4.79 Å². The van der Waals surface area contributed by atoms with Crippen LogP contribution in [0.5, 0.6) is 0 Å². The van der Waals surface area contributed by atoms with E-state index in [4.69, 9.17) is 23.2 Å². The number of nitrogens with zero attached hydrogens (tertiary/aromatic N) is 1. The third kappa shape index (κ3) is 2.86. The third-order valence-corrected chi connectivity index (χ3v) is 3.90. The van der Waals surface area contributed by atoms with Crippen LogP contribution >= 0.6 is 34.5 Å². The Labute approximate surface area is 113 Å². The van der Waals surface area contributed by atoms with Crippen LogP contribution in [0.1, 0.15) is 21.1 Å². The van der Waals surface area contributed by atoms with Gasteiger partial charge < -0.3 is 0 Å². The lowest BCUT2D eigenvalue weighted by Crippen LogP contribution is -2.04. The molecule has 1 aromatic carbocycles. The lowest BCUT2D eigenvalue weighted by Gasteiger charge is -2.03.